The van der Waals surface area contributed by atoms with Gasteiger partial charge in [0.05, 0.1) is 12.7 Å². The fourth-order valence-corrected chi connectivity index (χ4v) is 3.32. The van der Waals surface area contributed by atoms with Gasteiger partial charge in [0.25, 0.3) is 0 Å². The van der Waals surface area contributed by atoms with Crippen LogP contribution in [-0.2, 0) is 4.74 Å². The molecule has 0 unspecified atom stereocenters. The van der Waals surface area contributed by atoms with Gasteiger partial charge in [0.1, 0.15) is 29.6 Å². The minimum atomic E-state index is -0.818. The minimum Gasteiger partial charge on any atom is -0.457 e. The van der Waals surface area contributed by atoms with Crippen molar-refractivity contribution in [2.24, 2.45) is 0 Å². The number of hydrogen-bond acceptors (Lipinski definition) is 7. The summed E-state index contributed by atoms with van der Waals surface area (Å²) < 4.78 is 12.7. The maximum Gasteiger partial charge on any atom is 0.351 e. The molecule has 3 N–H and O–H groups in total. The van der Waals surface area contributed by atoms with Crippen LogP contribution in [0.4, 0.5) is 11.5 Å². The maximum absolute atomic E-state index is 12.5. The molecule has 3 atom stereocenters. The molecule has 0 radical (unpaired) electrons. The number of ether oxygens (including phenoxy) is 2. The third kappa shape index (κ3) is 4.35. The van der Waals surface area contributed by atoms with Gasteiger partial charge in [0, 0.05) is 23.9 Å². The lowest BCUT2D eigenvalue weighted by Crippen LogP contribution is -2.28. The normalized spacial score (nSPS) is 20.8. The van der Waals surface area contributed by atoms with Crippen LogP contribution >= 0.6 is 0 Å². The number of aromatic nitrogens is 2. The molecule has 0 spiro atoms. The summed E-state index contributed by atoms with van der Waals surface area (Å²) in [4.78, 5) is 16.6. The Kier molecular flexibility index (Phi) is 5.80. The first-order valence-corrected chi connectivity index (χ1v) is 9.67. The Morgan fingerprint density at radius 1 is 1.17 bits per heavy atom. The molecule has 1 aromatic heterocycles. The SMILES string of the molecule is Cc1cn([C@H]2C[C@H](O)[C@@H](CO)O2)c(=O)nc1Nc1ccc(Oc2ccccc2)cc1. The van der Waals surface area contributed by atoms with Gasteiger partial charge in [-0.3, -0.25) is 4.57 Å². The third-order valence-corrected chi connectivity index (χ3v) is 4.92. The lowest BCUT2D eigenvalue weighted by Gasteiger charge is -2.16. The van der Waals surface area contributed by atoms with Gasteiger partial charge in [-0.1, -0.05) is 18.2 Å². The molecule has 0 amide bonds. The Labute approximate surface area is 173 Å². The lowest BCUT2D eigenvalue weighted by molar-refractivity contribution is -0.0459. The summed E-state index contributed by atoms with van der Waals surface area (Å²) in [5.41, 5.74) is 1.00. The molecule has 3 aromatic rings. The second-order valence-electron chi connectivity index (χ2n) is 7.14. The lowest BCUT2D eigenvalue weighted by atomic mass is 10.2. The number of anilines is 2. The van der Waals surface area contributed by atoms with Crippen LogP contribution < -0.4 is 15.7 Å². The van der Waals surface area contributed by atoms with Crippen LogP contribution in [0, 0.1) is 6.92 Å². The van der Waals surface area contributed by atoms with Crippen molar-refractivity contribution in [2.75, 3.05) is 11.9 Å². The van der Waals surface area contributed by atoms with Crippen molar-refractivity contribution < 1.29 is 19.7 Å². The van der Waals surface area contributed by atoms with E-state index in [2.05, 4.69) is 10.3 Å². The summed E-state index contributed by atoms with van der Waals surface area (Å²) in [6, 6.07) is 16.8. The maximum atomic E-state index is 12.5. The van der Waals surface area contributed by atoms with Crippen LogP contribution in [0.2, 0.25) is 0 Å². The van der Waals surface area contributed by atoms with E-state index in [9.17, 15) is 15.0 Å². The number of nitrogens with zero attached hydrogens (tertiary/aromatic N) is 2. The monoisotopic (exact) mass is 409 g/mol. The second kappa shape index (κ2) is 8.66. The van der Waals surface area contributed by atoms with Gasteiger partial charge >= 0.3 is 5.69 Å². The predicted octanol–water partition coefficient (Wildman–Crippen LogP) is 2.73. The molecule has 156 valence electrons. The Hall–Kier alpha value is -3.20. The third-order valence-electron chi connectivity index (χ3n) is 4.92. The number of nitrogens with one attached hydrogen (secondary N) is 1. The largest absolute Gasteiger partial charge is 0.457 e. The van der Waals surface area contributed by atoms with Crippen molar-refractivity contribution in [3.8, 4) is 11.5 Å². The number of aliphatic hydroxyl groups is 2. The molecule has 30 heavy (non-hydrogen) atoms. The molecule has 2 aromatic carbocycles. The van der Waals surface area contributed by atoms with E-state index in [0.29, 0.717) is 11.6 Å². The van der Waals surface area contributed by atoms with Crippen LogP contribution in [0.25, 0.3) is 0 Å². The predicted molar refractivity (Wildman–Crippen MR) is 111 cm³/mol. The number of aliphatic hydroxyl groups excluding tert-OH is 2. The van der Waals surface area contributed by atoms with E-state index < -0.39 is 24.1 Å². The van der Waals surface area contributed by atoms with Crippen LogP contribution in [0.15, 0.2) is 65.6 Å². The van der Waals surface area contributed by atoms with E-state index in [1.165, 1.54) is 4.57 Å². The van der Waals surface area contributed by atoms with Crippen LogP contribution in [0.3, 0.4) is 0 Å². The average molecular weight is 409 g/mol. The fraction of sp³-hybridized carbons (Fsp3) is 0.273. The summed E-state index contributed by atoms with van der Waals surface area (Å²) in [6.45, 7) is 1.52. The summed E-state index contributed by atoms with van der Waals surface area (Å²) >= 11 is 0. The first kappa shape index (κ1) is 20.1. The van der Waals surface area contributed by atoms with E-state index in [0.717, 1.165) is 17.0 Å². The van der Waals surface area contributed by atoms with Gasteiger partial charge in [-0.2, -0.15) is 4.98 Å². The Morgan fingerprint density at radius 2 is 1.87 bits per heavy atom. The topological polar surface area (TPSA) is 106 Å². The Bertz CT molecular complexity index is 1050. The average Bonchev–Trinajstić information content (AvgIpc) is 3.13. The highest BCUT2D eigenvalue weighted by Crippen LogP contribution is 2.29. The Balaban J connectivity index is 1.47. The number of benzene rings is 2. The van der Waals surface area contributed by atoms with Crippen molar-refractivity contribution in [1.29, 1.82) is 0 Å². The molecule has 1 aliphatic heterocycles. The molecule has 4 rings (SSSR count). The minimum absolute atomic E-state index is 0.224. The van der Waals surface area contributed by atoms with Crippen LogP contribution in [-0.4, -0.2) is 38.6 Å². The Morgan fingerprint density at radius 3 is 2.53 bits per heavy atom. The highest BCUT2D eigenvalue weighted by atomic mass is 16.5. The van der Waals surface area contributed by atoms with E-state index in [1.807, 2.05) is 61.5 Å². The molecular formula is C22H23N3O5. The smallest absolute Gasteiger partial charge is 0.351 e. The summed E-state index contributed by atoms with van der Waals surface area (Å²) in [7, 11) is 0. The molecule has 0 aliphatic carbocycles. The number of para-hydroxylation sites is 1. The van der Waals surface area contributed by atoms with Crippen molar-refractivity contribution >= 4 is 11.5 Å². The van der Waals surface area contributed by atoms with Gasteiger partial charge in [-0.25, -0.2) is 4.79 Å². The van der Waals surface area contributed by atoms with Crippen molar-refractivity contribution in [3.63, 3.8) is 0 Å². The molecule has 2 heterocycles. The zero-order valence-corrected chi connectivity index (χ0v) is 16.4. The van der Waals surface area contributed by atoms with Crippen LogP contribution in [0.1, 0.15) is 18.2 Å². The van der Waals surface area contributed by atoms with Crippen molar-refractivity contribution in [3.05, 3.63) is 76.8 Å². The van der Waals surface area contributed by atoms with Crippen molar-refractivity contribution in [2.45, 2.75) is 31.8 Å². The first-order chi connectivity index (χ1) is 14.5. The highest BCUT2D eigenvalue weighted by molar-refractivity contribution is 5.59. The molecule has 1 fully saturated rings. The van der Waals surface area contributed by atoms with E-state index in [4.69, 9.17) is 9.47 Å². The highest BCUT2D eigenvalue weighted by Gasteiger charge is 2.35. The van der Waals surface area contributed by atoms with Gasteiger partial charge in [-0.05, 0) is 43.3 Å². The van der Waals surface area contributed by atoms with Gasteiger partial charge in [0.15, 0.2) is 0 Å². The molecular weight excluding hydrogens is 386 g/mol. The zero-order valence-electron chi connectivity index (χ0n) is 16.4. The zero-order chi connectivity index (χ0) is 21.1. The van der Waals surface area contributed by atoms with E-state index in [-0.39, 0.29) is 13.0 Å². The fourth-order valence-electron chi connectivity index (χ4n) is 3.32. The summed E-state index contributed by atoms with van der Waals surface area (Å²) in [5, 5.41) is 22.3. The van der Waals surface area contributed by atoms with Gasteiger partial charge in [0.2, 0.25) is 0 Å². The van der Waals surface area contributed by atoms with Crippen molar-refractivity contribution in [1.82, 2.24) is 9.55 Å². The van der Waals surface area contributed by atoms with Gasteiger partial charge < -0.3 is 25.0 Å². The van der Waals surface area contributed by atoms with E-state index >= 15 is 0 Å². The van der Waals surface area contributed by atoms with Crippen LogP contribution in [0.5, 0.6) is 11.5 Å². The molecule has 1 aliphatic rings. The first-order valence-electron chi connectivity index (χ1n) is 9.67. The molecule has 1 saturated heterocycles. The molecule has 8 nitrogen and oxygen atoms in total. The van der Waals surface area contributed by atoms with E-state index in [1.54, 1.807) is 6.20 Å². The van der Waals surface area contributed by atoms with Gasteiger partial charge in [-0.15, -0.1) is 0 Å². The summed E-state index contributed by atoms with van der Waals surface area (Å²) in [6.07, 6.45) is -0.304. The number of rotatable bonds is 6. The number of aryl methyl sites for hydroxylation is 1. The second-order valence-corrected chi connectivity index (χ2v) is 7.14. The molecule has 0 saturated carbocycles. The quantitative estimate of drug-likeness (QED) is 0.575. The molecule has 0 bridgehead atoms. The number of hydrogen-bond donors (Lipinski definition) is 3. The summed E-state index contributed by atoms with van der Waals surface area (Å²) in [5.74, 6) is 1.88. The standard InChI is InChI=1S/C22H23N3O5/c1-14-12-25(20-11-18(27)19(13-26)30-20)22(28)24-21(14)23-15-7-9-17(10-8-15)29-16-5-3-2-4-6-16/h2-10,12,18-20,26-27H,11,13H2,1H3,(H,23,24,28)/t18-,19+,20+/m0/s1. The molecule has 8 heteroatoms.